The Morgan fingerprint density at radius 1 is 0.812 bits per heavy atom. The fourth-order valence-electron chi connectivity index (χ4n) is 2.21. The van der Waals surface area contributed by atoms with Gasteiger partial charge in [-0.25, -0.2) is 4.79 Å². The highest BCUT2D eigenvalue weighted by Gasteiger charge is 2.40. The van der Waals surface area contributed by atoms with E-state index in [-0.39, 0.29) is 0 Å². The summed E-state index contributed by atoms with van der Waals surface area (Å²) in [6.45, 7) is 20.6. The molecule has 94 valence electrons. The minimum absolute atomic E-state index is 1.01. The molecule has 0 heterocycles. The lowest BCUT2D eigenvalue weighted by Gasteiger charge is -2.48. The highest BCUT2D eigenvalue weighted by atomic mass is 28.4. The summed E-state index contributed by atoms with van der Waals surface area (Å²) in [5, 5.41) is 1.01. The molecule has 0 bridgehead atoms. The zero-order valence-electron chi connectivity index (χ0n) is 12.4. The molecule has 0 saturated heterocycles. The quantitative estimate of drug-likeness (QED) is 0.577. The molecule has 0 amide bonds. The van der Waals surface area contributed by atoms with Crippen molar-refractivity contribution in [1.29, 1.82) is 0 Å². The topological polar surface area (TPSA) is 20.3 Å². The molecule has 2 nitrogen and oxygen atoms in total. The van der Waals surface area contributed by atoms with Crippen LogP contribution in [0.3, 0.4) is 0 Å². The molecule has 0 aromatic heterocycles. The molecule has 0 radical (unpaired) electrons. The molecule has 0 aliphatic carbocycles. The molecule has 0 N–H and O–H groups in total. The number of carbonyl (C=O) groups excluding carboxylic acids is 1. The van der Waals surface area contributed by atoms with Crippen LogP contribution in [0.15, 0.2) is 5.32 Å². The summed E-state index contributed by atoms with van der Waals surface area (Å²) in [6.07, 6.45) is 0. The van der Waals surface area contributed by atoms with E-state index in [4.69, 9.17) is 0 Å². The smallest absolute Gasteiger partial charge is 0.138 e. The average molecular weight is 274 g/mol. The monoisotopic (exact) mass is 273 g/mol. The van der Waals surface area contributed by atoms with Gasteiger partial charge in [0.2, 0.25) is 0 Å². The van der Waals surface area contributed by atoms with Gasteiger partial charge >= 0.3 is 0 Å². The molecule has 0 spiro atoms. The molecule has 0 aliphatic rings. The summed E-state index contributed by atoms with van der Waals surface area (Å²) >= 11 is 0. The zero-order chi connectivity index (χ0) is 13.4. The van der Waals surface area contributed by atoms with E-state index in [1.54, 1.807) is 0 Å². The van der Waals surface area contributed by atoms with E-state index in [9.17, 15) is 4.79 Å². The average Bonchev–Trinajstić information content (AvgIpc) is 1.91. The van der Waals surface area contributed by atoms with Crippen molar-refractivity contribution in [2.75, 3.05) is 0 Å². The van der Waals surface area contributed by atoms with Gasteiger partial charge in [-0.15, -0.1) is 0 Å². The summed E-state index contributed by atoms with van der Waals surface area (Å²) in [5.41, 5.74) is 0. The first-order valence-corrected chi connectivity index (χ1v) is 16.3. The first kappa shape index (κ1) is 15.9. The molecule has 0 unspecified atom stereocenters. The van der Waals surface area contributed by atoms with Gasteiger partial charge in [0.05, 0.1) is 5.32 Å². The third-order valence-corrected chi connectivity index (χ3v) is 11.7. The molecule has 5 heteroatoms. The summed E-state index contributed by atoms with van der Waals surface area (Å²) < 4.78 is 2.51. The van der Waals surface area contributed by atoms with Crippen LogP contribution >= 0.6 is 0 Å². The third-order valence-electron chi connectivity index (χ3n) is 2.37. The number of nitrogens with zero attached hydrogens (tertiary/aromatic N) is 1. The van der Waals surface area contributed by atoms with Crippen LogP contribution in [0.2, 0.25) is 58.9 Å². The van der Waals surface area contributed by atoms with Gasteiger partial charge in [-0.3, -0.25) is 0 Å². The van der Waals surface area contributed by atoms with Crippen LogP contribution in [0, 0.1) is 0 Å². The Bertz CT molecular complexity index is 287. The lowest BCUT2D eigenvalue weighted by molar-refractivity contribution is 0.564. The van der Waals surface area contributed by atoms with E-state index >= 15 is 0 Å². The van der Waals surface area contributed by atoms with Crippen LogP contribution in [0.1, 0.15) is 0 Å². The Hall–Kier alpha value is -0.0994. The van der Waals surface area contributed by atoms with Gasteiger partial charge in [-0.2, -0.15) is 0 Å². The summed E-state index contributed by atoms with van der Waals surface area (Å²) in [6, 6.07) is 0. The minimum atomic E-state index is -1.58. The van der Waals surface area contributed by atoms with E-state index in [0.717, 1.165) is 5.32 Å². The van der Waals surface area contributed by atoms with Crippen molar-refractivity contribution < 1.29 is 4.79 Å². The Morgan fingerprint density at radius 2 is 1.12 bits per heavy atom. The van der Waals surface area contributed by atoms with Crippen molar-refractivity contribution in [3.05, 3.63) is 5.32 Å². The maximum absolute atomic E-state index is 11.4. The standard InChI is InChI=1S/C11H27NOSi3/c1-14(2,3)11(10-13)12(15(4,5)6)16(7,8)9/h1-9H3. The summed E-state index contributed by atoms with van der Waals surface area (Å²) in [7, 11) is -4.55. The second kappa shape index (κ2) is 4.64. The molecule has 0 aliphatic heterocycles. The molecular weight excluding hydrogens is 246 g/mol. The highest BCUT2D eigenvalue weighted by Crippen LogP contribution is 2.29. The first-order chi connectivity index (χ1) is 6.81. The highest BCUT2D eigenvalue weighted by molar-refractivity contribution is 6.95. The normalized spacial score (nSPS) is 13.3. The van der Waals surface area contributed by atoms with Crippen molar-refractivity contribution >= 4 is 30.5 Å². The fraction of sp³-hybridized carbons (Fsp3) is 0.818. The maximum Gasteiger partial charge on any atom is 0.138 e. The maximum atomic E-state index is 11.4. The van der Waals surface area contributed by atoms with Crippen LogP contribution in [0.4, 0.5) is 0 Å². The molecule has 0 fully saturated rings. The van der Waals surface area contributed by atoms with Gasteiger partial charge in [0.15, 0.2) is 0 Å². The second-order valence-corrected chi connectivity index (χ2v) is 22.4. The first-order valence-electron chi connectivity index (χ1n) is 5.87. The largest absolute Gasteiger partial charge is 0.423 e. The van der Waals surface area contributed by atoms with Crippen LogP contribution in [-0.2, 0) is 4.79 Å². The lowest BCUT2D eigenvalue weighted by Crippen LogP contribution is -2.61. The molecule has 16 heavy (non-hydrogen) atoms. The van der Waals surface area contributed by atoms with Crippen LogP contribution in [0.25, 0.3) is 0 Å². The van der Waals surface area contributed by atoms with E-state index in [0.29, 0.717) is 0 Å². The van der Waals surface area contributed by atoms with Crippen molar-refractivity contribution in [2.24, 2.45) is 0 Å². The molecule has 0 atom stereocenters. The Labute approximate surface area is 104 Å². The molecular formula is C11H27NOSi3. The molecule has 0 aromatic carbocycles. The van der Waals surface area contributed by atoms with Gasteiger partial charge in [-0.05, 0) is 0 Å². The van der Waals surface area contributed by atoms with Crippen molar-refractivity contribution in [3.8, 4) is 0 Å². The third kappa shape index (κ3) is 4.05. The van der Waals surface area contributed by atoms with Crippen molar-refractivity contribution in [1.82, 2.24) is 4.23 Å². The predicted octanol–water partition coefficient (Wildman–Crippen LogP) is 3.55. The van der Waals surface area contributed by atoms with Crippen molar-refractivity contribution in [2.45, 2.75) is 58.9 Å². The van der Waals surface area contributed by atoms with E-state index in [1.165, 1.54) is 0 Å². The minimum Gasteiger partial charge on any atom is -0.423 e. The molecule has 0 rings (SSSR count). The van der Waals surface area contributed by atoms with E-state index in [1.807, 2.05) is 0 Å². The lowest BCUT2D eigenvalue weighted by atomic mass is 11.0. The predicted molar refractivity (Wildman–Crippen MR) is 81.1 cm³/mol. The van der Waals surface area contributed by atoms with Gasteiger partial charge in [0.1, 0.15) is 30.5 Å². The molecule has 0 aromatic rings. The van der Waals surface area contributed by atoms with Gasteiger partial charge in [-0.1, -0.05) is 58.9 Å². The Morgan fingerprint density at radius 3 is 1.19 bits per heavy atom. The van der Waals surface area contributed by atoms with Crippen LogP contribution in [-0.4, -0.2) is 34.7 Å². The second-order valence-electron chi connectivity index (χ2n) is 7.38. The zero-order valence-corrected chi connectivity index (χ0v) is 15.4. The van der Waals surface area contributed by atoms with E-state index < -0.39 is 24.5 Å². The SMILES string of the molecule is C[Si](C)(C)C(=C=O)N([Si](C)(C)C)[Si](C)(C)C. The summed E-state index contributed by atoms with van der Waals surface area (Å²) in [4.78, 5) is 11.4. The van der Waals surface area contributed by atoms with Crippen molar-refractivity contribution in [3.63, 3.8) is 0 Å². The number of hydrogen-bond donors (Lipinski definition) is 0. The Balaban J connectivity index is 5.65. The molecule has 0 saturated carbocycles. The van der Waals surface area contributed by atoms with E-state index in [2.05, 4.69) is 69.1 Å². The Kier molecular flexibility index (Phi) is 4.61. The van der Waals surface area contributed by atoms with Gasteiger partial charge < -0.3 is 4.23 Å². The van der Waals surface area contributed by atoms with Crippen LogP contribution < -0.4 is 0 Å². The van der Waals surface area contributed by atoms with Gasteiger partial charge in [0.25, 0.3) is 0 Å². The van der Waals surface area contributed by atoms with Gasteiger partial charge in [0, 0.05) is 0 Å². The number of rotatable bonds is 4. The van der Waals surface area contributed by atoms with Crippen LogP contribution in [0.5, 0.6) is 0 Å². The number of hydrogen-bond acceptors (Lipinski definition) is 2. The summed E-state index contributed by atoms with van der Waals surface area (Å²) in [5.74, 6) is 2.28. The fourth-order valence-corrected chi connectivity index (χ4v) is 16.7.